The Kier molecular flexibility index (Phi) is 5.43. The third-order valence-electron chi connectivity index (χ3n) is 5.54. The molecule has 2 aromatic carbocycles. The molecule has 1 aliphatic rings. The van der Waals surface area contributed by atoms with Crippen molar-refractivity contribution < 1.29 is 18.7 Å². The monoisotopic (exact) mass is 449 g/mol. The van der Waals surface area contributed by atoms with Gasteiger partial charge in [-0.2, -0.15) is 5.10 Å². The molecule has 33 heavy (non-hydrogen) atoms. The molecule has 5 rings (SSSR count). The minimum absolute atomic E-state index is 0.130. The average molecular weight is 449 g/mol. The Morgan fingerprint density at radius 1 is 1.15 bits per heavy atom. The van der Waals surface area contributed by atoms with Crippen molar-refractivity contribution in [1.82, 2.24) is 35.8 Å². The Hall–Kier alpha value is -4.28. The van der Waals surface area contributed by atoms with Gasteiger partial charge in [-0.25, -0.2) is 14.3 Å². The van der Waals surface area contributed by atoms with Gasteiger partial charge >= 0.3 is 6.09 Å². The number of aromatic amines is 2. The molecule has 0 atom stereocenters. The van der Waals surface area contributed by atoms with E-state index in [1.165, 1.54) is 12.1 Å². The number of nitrogens with zero attached hydrogens (tertiary/aromatic N) is 4. The van der Waals surface area contributed by atoms with Crippen LogP contribution in [0.2, 0.25) is 0 Å². The predicted molar refractivity (Wildman–Crippen MR) is 115 cm³/mol. The number of benzene rings is 2. The van der Waals surface area contributed by atoms with E-state index in [0.29, 0.717) is 49.2 Å². The molecule has 0 saturated heterocycles. The number of halogens is 1. The topological polar surface area (TPSA) is 129 Å². The van der Waals surface area contributed by atoms with Crippen LogP contribution in [0, 0.1) is 5.82 Å². The van der Waals surface area contributed by atoms with E-state index in [0.717, 1.165) is 16.6 Å². The third kappa shape index (κ3) is 4.38. The normalized spacial score (nSPS) is 13.1. The number of rotatable bonds is 5. The molecule has 0 spiro atoms. The molecule has 0 radical (unpaired) electrons. The minimum atomic E-state index is -0.608. The van der Waals surface area contributed by atoms with Crippen LogP contribution < -0.4 is 10.1 Å². The fraction of sp³-hybridized carbons (Fsp3) is 0.227. The highest BCUT2D eigenvalue weighted by Gasteiger charge is 2.27. The third-order valence-corrected chi connectivity index (χ3v) is 5.54. The van der Waals surface area contributed by atoms with E-state index >= 15 is 0 Å². The van der Waals surface area contributed by atoms with Crippen molar-refractivity contribution in [2.24, 2.45) is 0 Å². The van der Waals surface area contributed by atoms with Gasteiger partial charge in [0.15, 0.2) is 0 Å². The Labute approximate surface area is 187 Å². The molecule has 10 nitrogen and oxygen atoms in total. The summed E-state index contributed by atoms with van der Waals surface area (Å²) in [6.45, 7) is 1.11. The highest BCUT2D eigenvalue weighted by molar-refractivity contribution is 5.97. The maximum atomic E-state index is 13.0. The van der Waals surface area contributed by atoms with Crippen molar-refractivity contribution >= 4 is 23.0 Å². The first-order valence-corrected chi connectivity index (χ1v) is 10.4. The summed E-state index contributed by atoms with van der Waals surface area (Å²) in [6.07, 6.45) is 0.443. The summed E-state index contributed by atoms with van der Waals surface area (Å²) < 4.78 is 18.3. The van der Waals surface area contributed by atoms with Crippen LogP contribution in [0.25, 0.3) is 11.0 Å². The molecule has 1 aliphatic heterocycles. The van der Waals surface area contributed by atoms with Crippen LogP contribution >= 0.6 is 0 Å². The summed E-state index contributed by atoms with van der Waals surface area (Å²) >= 11 is 0. The molecule has 0 fully saturated rings. The molecule has 3 heterocycles. The highest BCUT2D eigenvalue weighted by atomic mass is 19.1. The highest BCUT2D eigenvalue weighted by Crippen LogP contribution is 2.26. The maximum absolute atomic E-state index is 13.0. The number of aromatic nitrogens is 5. The van der Waals surface area contributed by atoms with Crippen LogP contribution in [0.3, 0.4) is 0 Å². The maximum Gasteiger partial charge on any atom is 0.413 e. The largest absolute Gasteiger partial charge is 0.413 e. The molecular formula is C22H20FN7O3. The van der Waals surface area contributed by atoms with Gasteiger partial charge in [-0.1, -0.05) is 17.3 Å². The summed E-state index contributed by atoms with van der Waals surface area (Å²) in [5.41, 5.74) is 4.25. The lowest BCUT2D eigenvalue weighted by Gasteiger charge is -2.26. The van der Waals surface area contributed by atoms with Crippen LogP contribution in [-0.2, 0) is 19.4 Å². The number of ether oxygens (including phenoxy) is 1. The van der Waals surface area contributed by atoms with Crippen molar-refractivity contribution in [3.8, 4) is 5.88 Å². The standard InChI is InChI=1S/C22H20FN7O3/c23-15-4-1-13(2-5-15)7-9-24-22(32)33-20-16-8-10-30(12-19(16)25-28-20)21(31)14-3-6-17-18(11-14)27-29-26-17/h1-6,11H,7-10,12H2,(H,24,32)(H,25,28)(H,26,27,29). The molecule has 4 aromatic rings. The van der Waals surface area contributed by atoms with Crippen LogP contribution in [0.5, 0.6) is 5.88 Å². The predicted octanol–water partition coefficient (Wildman–Crippen LogP) is 2.35. The Morgan fingerprint density at radius 2 is 2.00 bits per heavy atom. The minimum Gasteiger partial charge on any atom is -0.391 e. The Morgan fingerprint density at radius 3 is 2.85 bits per heavy atom. The molecule has 0 saturated carbocycles. The van der Waals surface area contributed by atoms with Gasteiger partial charge in [0.1, 0.15) is 11.3 Å². The lowest BCUT2D eigenvalue weighted by atomic mass is 10.1. The smallest absolute Gasteiger partial charge is 0.391 e. The zero-order valence-corrected chi connectivity index (χ0v) is 17.5. The van der Waals surface area contributed by atoms with Gasteiger partial charge in [0, 0.05) is 24.2 Å². The van der Waals surface area contributed by atoms with Crippen molar-refractivity contribution in [2.45, 2.75) is 19.4 Å². The van der Waals surface area contributed by atoms with Crippen molar-refractivity contribution in [1.29, 1.82) is 0 Å². The summed E-state index contributed by atoms with van der Waals surface area (Å²) in [4.78, 5) is 26.8. The van der Waals surface area contributed by atoms with Gasteiger partial charge in [0.05, 0.1) is 17.8 Å². The number of hydrogen-bond donors (Lipinski definition) is 3. The van der Waals surface area contributed by atoms with E-state index in [1.807, 2.05) is 0 Å². The quantitative estimate of drug-likeness (QED) is 0.429. The van der Waals surface area contributed by atoms with Gasteiger partial charge < -0.3 is 15.0 Å². The molecule has 2 aromatic heterocycles. The van der Waals surface area contributed by atoms with E-state index in [1.54, 1.807) is 35.2 Å². The molecule has 0 bridgehead atoms. The second-order valence-electron chi connectivity index (χ2n) is 7.69. The first kappa shape index (κ1) is 20.6. The second-order valence-corrected chi connectivity index (χ2v) is 7.69. The van der Waals surface area contributed by atoms with E-state index in [9.17, 15) is 14.0 Å². The number of carbonyl (C=O) groups is 2. The number of fused-ring (bicyclic) bond motifs is 2. The van der Waals surface area contributed by atoms with Gasteiger partial charge in [-0.3, -0.25) is 9.89 Å². The van der Waals surface area contributed by atoms with Gasteiger partial charge in [-0.15, -0.1) is 5.10 Å². The van der Waals surface area contributed by atoms with Crippen molar-refractivity contribution in [3.05, 3.63) is 70.7 Å². The number of nitrogens with one attached hydrogen (secondary N) is 3. The molecule has 11 heteroatoms. The van der Waals surface area contributed by atoms with E-state index < -0.39 is 6.09 Å². The van der Waals surface area contributed by atoms with Crippen molar-refractivity contribution in [3.63, 3.8) is 0 Å². The zero-order valence-electron chi connectivity index (χ0n) is 17.5. The molecule has 168 valence electrons. The van der Waals surface area contributed by atoms with E-state index in [-0.39, 0.29) is 17.6 Å². The number of carbonyl (C=O) groups excluding carboxylic acids is 2. The number of H-pyrrole nitrogens is 2. The van der Waals surface area contributed by atoms with Crippen LogP contribution in [0.15, 0.2) is 42.5 Å². The number of hydrogen-bond acceptors (Lipinski definition) is 6. The van der Waals surface area contributed by atoms with Gasteiger partial charge in [0.25, 0.3) is 5.91 Å². The molecule has 3 N–H and O–H groups in total. The molecular weight excluding hydrogens is 429 g/mol. The lowest BCUT2D eigenvalue weighted by Crippen LogP contribution is -2.36. The summed E-state index contributed by atoms with van der Waals surface area (Å²) in [7, 11) is 0. The molecule has 0 aliphatic carbocycles. The van der Waals surface area contributed by atoms with Gasteiger partial charge in [0.2, 0.25) is 5.88 Å². The number of amides is 2. The zero-order chi connectivity index (χ0) is 22.8. The van der Waals surface area contributed by atoms with Crippen LogP contribution in [-0.4, -0.2) is 55.6 Å². The van der Waals surface area contributed by atoms with Crippen molar-refractivity contribution in [2.75, 3.05) is 13.1 Å². The fourth-order valence-electron chi connectivity index (χ4n) is 3.78. The fourth-order valence-corrected chi connectivity index (χ4v) is 3.78. The summed E-state index contributed by atoms with van der Waals surface area (Å²) in [5.74, 6) is -0.151. The summed E-state index contributed by atoms with van der Waals surface area (Å²) in [6, 6.07) is 11.3. The first-order valence-electron chi connectivity index (χ1n) is 10.4. The molecule has 0 unspecified atom stereocenters. The Balaban J connectivity index is 1.17. The molecule has 2 amide bonds. The first-order chi connectivity index (χ1) is 16.1. The van der Waals surface area contributed by atoms with Gasteiger partial charge in [-0.05, 0) is 48.7 Å². The lowest BCUT2D eigenvalue weighted by molar-refractivity contribution is 0.0732. The van der Waals surface area contributed by atoms with Crippen LogP contribution in [0.4, 0.5) is 9.18 Å². The van der Waals surface area contributed by atoms with E-state index in [4.69, 9.17) is 4.74 Å². The summed E-state index contributed by atoms with van der Waals surface area (Å²) in [5, 5.41) is 20.1. The second kappa shape index (κ2) is 8.69. The average Bonchev–Trinajstić information content (AvgIpc) is 3.46. The SMILES string of the molecule is O=C(NCCc1ccc(F)cc1)Oc1[nH]nc2c1CCN(C(=O)c1ccc3[nH]nnc3c1)C2. The Bertz CT molecular complexity index is 1320. The van der Waals surface area contributed by atoms with E-state index in [2.05, 4.69) is 30.9 Å². The van der Waals surface area contributed by atoms with Crippen LogP contribution in [0.1, 0.15) is 27.2 Å².